The molecule has 0 heterocycles. The predicted octanol–water partition coefficient (Wildman–Crippen LogP) is 4.09. The van der Waals surface area contributed by atoms with Gasteiger partial charge in [0.1, 0.15) is 5.75 Å². The molecule has 1 nitrogen and oxygen atoms in total. The van der Waals surface area contributed by atoms with Crippen LogP contribution in [0.3, 0.4) is 0 Å². The fourth-order valence-electron chi connectivity index (χ4n) is 1.39. The largest absolute Gasteiger partial charge is 0.573 e. The Bertz CT molecular complexity index is 359. The van der Waals surface area contributed by atoms with Crippen molar-refractivity contribution in [3.63, 3.8) is 0 Å². The Hall–Kier alpha value is -1.33. The summed E-state index contributed by atoms with van der Waals surface area (Å²) in [6.45, 7) is 1.49. The Balaban J connectivity index is 3.14. The molecule has 0 aromatic heterocycles. The lowest BCUT2D eigenvalue weighted by Gasteiger charge is -2.15. The van der Waals surface area contributed by atoms with Crippen LogP contribution in [0.4, 0.5) is 22.0 Å². The number of benzene rings is 1. The molecule has 0 saturated heterocycles. The van der Waals surface area contributed by atoms with E-state index < -0.39 is 24.1 Å². The van der Waals surface area contributed by atoms with Gasteiger partial charge in [-0.1, -0.05) is 19.1 Å². The molecule has 0 radical (unpaired) electrons. The third kappa shape index (κ3) is 3.08. The van der Waals surface area contributed by atoms with Crippen LogP contribution in [-0.4, -0.2) is 6.36 Å². The van der Waals surface area contributed by atoms with Crippen molar-refractivity contribution in [3.05, 3.63) is 29.3 Å². The van der Waals surface area contributed by atoms with Crippen LogP contribution in [0.5, 0.6) is 5.75 Å². The fraction of sp³-hybridized carbons (Fsp3) is 0.400. The lowest BCUT2D eigenvalue weighted by Crippen LogP contribution is -2.18. The lowest BCUT2D eigenvalue weighted by molar-refractivity contribution is -0.274. The number of hydrogen-bond acceptors (Lipinski definition) is 1. The van der Waals surface area contributed by atoms with Crippen molar-refractivity contribution in [1.29, 1.82) is 0 Å². The maximum atomic E-state index is 12.5. The summed E-state index contributed by atoms with van der Waals surface area (Å²) in [5, 5.41) is 0. The molecule has 0 unspecified atom stereocenters. The van der Waals surface area contributed by atoms with Gasteiger partial charge in [-0.05, 0) is 12.5 Å². The van der Waals surface area contributed by atoms with E-state index in [9.17, 15) is 22.0 Å². The summed E-state index contributed by atoms with van der Waals surface area (Å²) in [5.41, 5.74) is -0.543. The average Bonchev–Trinajstić information content (AvgIpc) is 2.14. The van der Waals surface area contributed by atoms with Crippen LogP contribution in [0.15, 0.2) is 18.2 Å². The van der Waals surface area contributed by atoms with Gasteiger partial charge in [0.2, 0.25) is 0 Å². The second-order valence-electron chi connectivity index (χ2n) is 3.03. The Morgan fingerprint density at radius 1 is 1.25 bits per heavy atom. The van der Waals surface area contributed by atoms with Crippen molar-refractivity contribution in [2.75, 3.05) is 0 Å². The lowest BCUT2D eigenvalue weighted by atomic mass is 10.0. The molecule has 1 aromatic rings. The molecule has 0 aliphatic carbocycles. The van der Waals surface area contributed by atoms with Crippen LogP contribution in [0.1, 0.15) is 24.5 Å². The summed E-state index contributed by atoms with van der Waals surface area (Å²) >= 11 is 0. The van der Waals surface area contributed by atoms with E-state index >= 15 is 0 Å². The topological polar surface area (TPSA) is 9.23 Å². The number of ether oxygens (including phenoxy) is 1. The first kappa shape index (κ1) is 12.7. The highest BCUT2D eigenvalue weighted by Gasteiger charge is 2.32. The van der Waals surface area contributed by atoms with Gasteiger partial charge in [0.05, 0.1) is 0 Å². The van der Waals surface area contributed by atoms with E-state index in [1.165, 1.54) is 6.92 Å². The van der Waals surface area contributed by atoms with Gasteiger partial charge in [-0.3, -0.25) is 0 Å². The molecule has 0 fully saturated rings. The van der Waals surface area contributed by atoms with Crippen LogP contribution in [0.25, 0.3) is 0 Å². The van der Waals surface area contributed by atoms with Crippen molar-refractivity contribution >= 4 is 0 Å². The van der Waals surface area contributed by atoms with Gasteiger partial charge in [0, 0.05) is 11.1 Å². The second kappa shape index (κ2) is 4.67. The Labute approximate surface area is 88.8 Å². The highest BCUT2D eigenvalue weighted by Crippen LogP contribution is 2.33. The van der Waals surface area contributed by atoms with Crippen LogP contribution in [-0.2, 0) is 6.42 Å². The van der Waals surface area contributed by atoms with E-state index in [0.29, 0.717) is 0 Å². The molecule has 0 N–H and O–H groups in total. The smallest absolute Gasteiger partial charge is 0.405 e. The number of hydrogen-bond donors (Lipinski definition) is 0. The summed E-state index contributed by atoms with van der Waals surface area (Å²) < 4.78 is 64.6. The maximum Gasteiger partial charge on any atom is 0.573 e. The van der Waals surface area contributed by atoms with E-state index in [0.717, 1.165) is 18.2 Å². The molecule has 90 valence electrons. The van der Waals surface area contributed by atoms with Gasteiger partial charge in [0.15, 0.2) is 0 Å². The van der Waals surface area contributed by atoms with E-state index in [4.69, 9.17) is 0 Å². The zero-order valence-electron chi connectivity index (χ0n) is 8.31. The first-order valence-electron chi connectivity index (χ1n) is 4.50. The quantitative estimate of drug-likeness (QED) is 0.723. The molecule has 0 atom stereocenters. The molecular formula is C10H9F5O. The van der Waals surface area contributed by atoms with Gasteiger partial charge in [-0.2, -0.15) is 0 Å². The molecule has 1 aromatic carbocycles. The van der Waals surface area contributed by atoms with Crippen molar-refractivity contribution in [3.8, 4) is 5.75 Å². The zero-order chi connectivity index (χ0) is 12.3. The third-order valence-corrected chi connectivity index (χ3v) is 1.98. The summed E-state index contributed by atoms with van der Waals surface area (Å²) in [7, 11) is 0. The molecule has 0 aliphatic heterocycles. The second-order valence-corrected chi connectivity index (χ2v) is 3.03. The van der Waals surface area contributed by atoms with E-state index in [2.05, 4.69) is 4.74 Å². The van der Waals surface area contributed by atoms with Crippen molar-refractivity contribution < 1.29 is 26.7 Å². The molecule has 16 heavy (non-hydrogen) atoms. The standard InChI is InChI=1S/C10H9F5O/c1-2-6-7(9(11)12)4-3-5-8(6)16-10(13,14)15/h3-5,9H,2H2,1H3. The normalized spacial score (nSPS) is 11.9. The molecule has 1 rings (SSSR count). The van der Waals surface area contributed by atoms with Crippen LogP contribution >= 0.6 is 0 Å². The Morgan fingerprint density at radius 3 is 2.31 bits per heavy atom. The first-order chi connectivity index (χ1) is 7.35. The molecule has 0 spiro atoms. The van der Waals surface area contributed by atoms with Gasteiger partial charge >= 0.3 is 6.36 Å². The minimum atomic E-state index is -4.87. The number of rotatable bonds is 3. The SMILES string of the molecule is CCc1c(OC(F)(F)F)cccc1C(F)F. The summed E-state index contributed by atoms with van der Waals surface area (Å²) in [4.78, 5) is 0. The van der Waals surface area contributed by atoms with Crippen molar-refractivity contribution in [1.82, 2.24) is 0 Å². The third-order valence-electron chi connectivity index (χ3n) is 1.98. The van der Waals surface area contributed by atoms with E-state index in [1.807, 2.05) is 0 Å². The summed E-state index contributed by atoms with van der Waals surface area (Å²) in [5.74, 6) is -0.562. The van der Waals surface area contributed by atoms with E-state index in [-0.39, 0.29) is 12.0 Å². The number of alkyl halides is 5. The first-order valence-corrected chi connectivity index (χ1v) is 4.50. The minimum absolute atomic E-state index is 0.0475. The van der Waals surface area contributed by atoms with Gasteiger partial charge in [-0.15, -0.1) is 13.2 Å². The highest BCUT2D eigenvalue weighted by atomic mass is 19.4. The Morgan fingerprint density at radius 2 is 1.88 bits per heavy atom. The Kier molecular flexibility index (Phi) is 3.72. The van der Waals surface area contributed by atoms with Gasteiger partial charge in [0.25, 0.3) is 6.43 Å². The van der Waals surface area contributed by atoms with Crippen LogP contribution < -0.4 is 4.74 Å². The van der Waals surface area contributed by atoms with Crippen molar-refractivity contribution in [2.45, 2.75) is 26.1 Å². The molecule has 0 aliphatic rings. The van der Waals surface area contributed by atoms with Gasteiger partial charge < -0.3 is 4.74 Å². The van der Waals surface area contributed by atoms with Crippen LogP contribution in [0.2, 0.25) is 0 Å². The van der Waals surface area contributed by atoms with Crippen LogP contribution in [0, 0.1) is 0 Å². The summed E-state index contributed by atoms with van der Waals surface area (Å²) in [6.07, 6.45) is -7.64. The zero-order valence-corrected chi connectivity index (χ0v) is 8.31. The molecule has 0 saturated carbocycles. The maximum absolute atomic E-state index is 12.5. The monoisotopic (exact) mass is 240 g/mol. The summed E-state index contributed by atoms with van der Waals surface area (Å²) in [6, 6.07) is 3.23. The highest BCUT2D eigenvalue weighted by molar-refractivity contribution is 5.41. The van der Waals surface area contributed by atoms with Crippen molar-refractivity contribution in [2.24, 2.45) is 0 Å². The fourth-order valence-corrected chi connectivity index (χ4v) is 1.39. The molecule has 0 amide bonds. The average molecular weight is 240 g/mol. The predicted molar refractivity (Wildman–Crippen MR) is 47.5 cm³/mol. The molecule has 6 heteroatoms. The minimum Gasteiger partial charge on any atom is -0.405 e. The molecule has 0 bridgehead atoms. The number of halogens is 5. The molecular weight excluding hydrogens is 231 g/mol. The van der Waals surface area contributed by atoms with E-state index in [1.54, 1.807) is 0 Å². The van der Waals surface area contributed by atoms with Gasteiger partial charge in [-0.25, -0.2) is 8.78 Å².